The van der Waals surface area contributed by atoms with Crippen LogP contribution in [0.25, 0.3) is 0 Å². The molecule has 3 heteroatoms. The second-order valence-electron chi connectivity index (χ2n) is 3.31. The van der Waals surface area contributed by atoms with Gasteiger partial charge in [-0.15, -0.1) is 0 Å². The summed E-state index contributed by atoms with van der Waals surface area (Å²) < 4.78 is 0. The van der Waals surface area contributed by atoms with Crippen LogP contribution in [0.4, 0.5) is 5.69 Å². The fourth-order valence-electron chi connectivity index (χ4n) is 1.47. The molecule has 0 saturated carbocycles. The monoisotopic (exact) mass is 204 g/mol. The van der Waals surface area contributed by atoms with Crippen LogP contribution in [0.15, 0.2) is 24.3 Å². The van der Waals surface area contributed by atoms with E-state index < -0.39 is 0 Å². The van der Waals surface area contributed by atoms with Crippen molar-refractivity contribution in [1.29, 1.82) is 5.26 Å². The number of rotatable bonds is 5. The van der Waals surface area contributed by atoms with E-state index in [4.69, 9.17) is 10.4 Å². The van der Waals surface area contributed by atoms with E-state index in [1.807, 2.05) is 24.3 Å². The Morgan fingerprint density at radius 3 is 2.47 bits per heavy atom. The first-order valence-electron chi connectivity index (χ1n) is 5.13. The molecule has 0 atom stereocenters. The molecular formula is C12H16N2O. The predicted octanol–water partition coefficient (Wildman–Crippen LogP) is 1.92. The minimum absolute atomic E-state index is 0.0740. The molecule has 0 spiro atoms. The average Bonchev–Trinajstić information content (AvgIpc) is 2.31. The van der Waals surface area contributed by atoms with E-state index in [0.29, 0.717) is 6.42 Å². The maximum Gasteiger partial charge on any atom is 0.0681 e. The van der Waals surface area contributed by atoms with Gasteiger partial charge in [-0.2, -0.15) is 5.26 Å². The maximum atomic E-state index is 8.91. The number of nitrogens with zero attached hydrogens (tertiary/aromatic N) is 2. The van der Waals surface area contributed by atoms with E-state index >= 15 is 0 Å². The zero-order chi connectivity index (χ0) is 11.1. The smallest absolute Gasteiger partial charge is 0.0681 e. The molecule has 0 unspecified atom stereocenters. The second-order valence-corrected chi connectivity index (χ2v) is 3.31. The van der Waals surface area contributed by atoms with E-state index in [2.05, 4.69) is 17.9 Å². The summed E-state index contributed by atoms with van der Waals surface area (Å²) in [6.07, 6.45) is 0.537. The van der Waals surface area contributed by atoms with Gasteiger partial charge in [0.15, 0.2) is 0 Å². The Bertz CT molecular complexity index is 326. The van der Waals surface area contributed by atoms with E-state index in [9.17, 15) is 0 Å². The van der Waals surface area contributed by atoms with E-state index in [1.165, 1.54) is 0 Å². The van der Waals surface area contributed by atoms with E-state index in [-0.39, 0.29) is 6.61 Å². The molecule has 0 amide bonds. The molecule has 0 aliphatic rings. The van der Waals surface area contributed by atoms with Crippen molar-refractivity contribution in [2.24, 2.45) is 0 Å². The zero-order valence-electron chi connectivity index (χ0n) is 8.98. The molecule has 15 heavy (non-hydrogen) atoms. The number of aliphatic hydroxyl groups is 1. The van der Waals surface area contributed by atoms with Gasteiger partial charge in [0, 0.05) is 18.8 Å². The Hall–Kier alpha value is -1.53. The first-order chi connectivity index (χ1) is 7.31. The molecule has 1 aromatic rings. The van der Waals surface area contributed by atoms with E-state index in [0.717, 1.165) is 24.3 Å². The largest absolute Gasteiger partial charge is 0.392 e. The van der Waals surface area contributed by atoms with Crippen molar-refractivity contribution >= 4 is 5.69 Å². The van der Waals surface area contributed by atoms with Crippen molar-refractivity contribution in [2.45, 2.75) is 20.0 Å². The standard InChI is InChI=1S/C12H16N2O/c1-2-14(9-3-8-13)12-6-4-11(10-15)5-7-12/h4-7,15H,2-3,9-10H2,1H3. The minimum Gasteiger partial charge on any atom is -0.392 e. The lowest BCUT2D eigenvalue weighted by Gasteiger charge is -2.21. The molecule has 0 aliphatic carbocycles. The van der Waals surface area contributed by atoms with Gasteiger partial charge in [-0.25, -0.2) is 0 Å². The number of hydrogen-bond donors (Lipinski definition) is 1. The summed E-state index contributed by atoms with van der Waals surface area (Å²) in [5, 5.41) is 17.4. The van der Waals surface area contributed by atoms with Gasteiger partial charge in [0.25, 0.3) is 0 Å². The van der Waals surface area contributed by atoms with Crippen molar-refractivity contribution in [3.63, 3.8) is 0 Å². The number of anilines is 1. The van der Waals surface area contributed by atoms with Crippen molar-refractivity contribution in [3.8, 4) is 6.07 Å². The lowest BCUT2D eigenvalue weighted by molar-refractivity contribution is 0.282. The van der Waals surface area contributed by atoms with Gasteiger partial charge < -0.3 is 10.0 Å². The third kappa shape index (κ3) is 3.26. The zero-order valence-corrected chi connectivity index (χ0v) is 8.98. The highest BCUT2D eigenvalue weighted by molar-refractivity contribution is 5.47. The van der Waals surface area contributed by atoms with Crippen LogP contribution in [-0.4, -0.2) is 18.2 Å². The molecule has 3 nitrogen and oxygen atoms in total. The third-order valence-electron chi connectivity index (χ3n) is 2.36. The van der Waals surface area contributed by atoms with Gasteiger partial charge in [-0.1, -0.05) is 12.1 Å². The highest BCUT2D eigenvalue weighted by Gasteiger charge is 2.02. The van der Waals surface area contributed by atoms with Gasteiger partial charge in [-0.05, 0) is 24.6 Å². The Morgan fingerprint density at radius 1 is 1.33 bits per heavy atom. The van der Waals surface area contributed by atoms with Gasteiger partial charge in [0.2, 0.25) is 0 Å². The van der Waals surface area contributed by atoms with Crippen LogP contribution in [0.2, 0.25) is 0 Å². The lowest BCUT2D eigenvalue weighted by Crippen LogP contribution is -2.23. The summed E-state index contributed by atoms with van der Waals surface area (Å²) in [6, 6.07) is 9.91. The molecular weight excluding hydrogens is 188 g/mol. The van der Waals surface area contributed by atoms with Crippen molar-refractivity contribution < 1.29 is 5.11 Å². The van der Waals surface area contributed by atoms with Crippen LogP contribution in [-0.2, 0) is 6.61 Å². The lowest BCUT2D eigenvalue weighted by atomic mass is 10.2. The predicted molar refractivity (Wildman–Crippen MR) is 60.5 cm³/mol. The van der Waals surface area contributed by atoms with Crippen LogP contribution in [0.5, 0.6) is 0 Å². The van der Waals surface area contributed by atoms with Gasteiger partial charge in [0.1, 0.15) is 0 Å². The fraction of sp³-hybridized carbons (Fsp3) is 0.417. The molecule has 0 fully saturated rings. The number of hydrogen-bond acceptors (Lipinski definition) is 3. The Morgan fingerprint density at radius 2 is 2.00 bits per heavy atom. The molecule has 0 aromatic heterocycles. The summed E-state index contributed by atoms with van der Waals surface area (Å²) in [5.74, 6) is 0. The fourth-order valence-corrected chi connectivity index (χ4v) is 1.47. The van der Waals surface area contributed by atoms with E-state index in [1.54, 1.807) is 0 Å². The first kappa shape index (κ1) is 11.5. The topological polar surface area (TPSA) is 47.3 Å². The maximum absolute atomic E-state index is 8.91. The van der Waals surface area contributed by atoms with Gasteiger partial charge in [-0.3, -0.25) is 0 Å². The first-order valence-corrected chi connectivity index (χ1v) is 5.13. The molecule has 80 valence electrons. The molecule has 1 rings (SSSR count). The Balaban J connectivity index is 2.70. The van der Waals surface area contributed by atoms with Gasteiger partial charge >= 0.3 is 0 Å². The number of nitriles is 1. The summed E-state index contributed by atoms with van der Waals surface area (Å²) in [4.78, 5) is 2.14. The van der Waals surface area contributed by atoms with Crippen LogP contribution in [0.3, 0.4) is 0 Å². The highest BCUT2D eigenvalue weighted by Crippen LogP contribution is 2.15. The van der Waals surface area contributed by atoms with Crippen molar-refractivity contribution in [1.82, 2.24) is 0 Å². The molecule has 1 aromatic carbocycles. The molecule has 0 bridgehead atoms. The summed E-state index contributed by atoms with van der Waals surface area (Å²) >= 11 is 0. The van der Waals surface area contributed by atoms with Crippen LogP contribution >= 0.6 is 0 Å². The Kier molecular flexibility index (Phi) is 4.65. The molecule has 0 saturated heterocycles. The normalized spacial score (nSPS) is 9.67. The molecule has 0 radical (unpaired) electrons. The number of aliphatic hydroxyl groups excluding tert-OH is 1. The summed E-state index contributed by atoms with van der Waals surface area (Å²) in [6.45, 7) is 3.79. The van der Waals surface area contributed by atoms with Crippen LogP contribution in [0.1, 0.15) is 18.9 Å². The second kappa shape index (κ2) is 6.05. The molecule has 1 N–H and O–H groups in total. The van der Waals surface area contributed by atoms with Crippen molar-refractivity contribution in [2.75, 3.05) is 18.0 Å². The Labute approximate surface area is 90.6 Å². The quantitative estimate of drug-likeness (QED) is 0.797. The summed E-state index contributed by atoms with van der Waals surface area (Å²) in [5.41, 5.74) is 2.01. The SMILES string of the molecule is CCN(CCC#N)c1ccc(CO)cc1. The van der Waals surface area contributed by atoms with Crippen molar-refractivity contribution in [3.05, 3.63) is 29.8 Å². The van der Waals surface area contributed by atoms with Gasteiger partial charge in [0.05, 0.1) is 19.1 Å². The molecule has 0 heterocycles. The minimum atomic E-state index is 0.0740. The highest BCUT2D eigenvalue weighted by atomic mass is 16.3. The molecule has 0 aliphatic heterocycles. The third-order valence-corrected chi connectivity index (χ3v) is 2.36. The summed E-state index contributed by atoms with van der Waals surface area (Å²) in [7, 11) is 0. The number of benzene rings is 1. The average molecular weight is 204 g/mol. The van der Waals surface area contributed by atoms with Crippen LogP contribution in [0, 0.1) is 11.3 Å². The van der Waals surface area contributed by atoms with Crippen LogP contribution < -0.4 is 4.90 Å².